The van der Waals surface area contributed by atoms with Gasteiger partial charge in [0.05, 0.1) is 0 Å². The SMILES string of the molecule is O=C(CC(F)(F)F)NCC1(CCl)CCCCC1. The average Bonchev–Trinajstić information content (AvgIpc) is 2.25. The normalized spacial score (nSPS) is 20.0. The lowest BCUT2D eigenvalue weighted by molar-refractivity contribution is -0.154. The number of alkyl halides is 4. The Balaban J connectivity index is 2.39. The number of hydrogen-bond donors (Lipinski definition) is 1. The van der Waals surface area contributed by atoms with Crippen molar-refractivity contribution in [1.82, 2.24) is 5.32 Å². The number of hydrogen-bond acceptors (Lipinski definition) is 1. The van der Waals surface area contributed by atoms with E-state index in [0.717, 1.165) is 32.1 Å². The quantitative estimate of drug-likeness (QED) is 0.782. The van der Waals surface area contributed by atoms with E-state index in [1.807, 2.05) is 0 Å². The molecule has 1 N–H and O–H groups in total. The standard InChI is InChI=1S/C11H17ClF3NO/c12-7-10(4-2-1-3-5-10)8-16-9(17)6-11(13,14)15/h1-8H2,(H,16,17). The van der Waals surface area contributed by atoms with E-state index in [4.69, 9.17) is 11.6 Å². The number of amides is 1. The summed E-state index contributed by atoms with van der Waals surface area (Å²) in [6.07, 6.45) is -0.902. The van der Waals surface area contributed by atoms with Crippen LogP contribution in [0.15, 0.2) is 0 Å². The van der Waals surface area contributed by atoms with E-state index in [9.17, 15) is 18.0 Å². The van der Waals surface area contributed by atoms with Crippen LogP contribution in [0.1, 0.15) is 38.5 Å². The molecule has 1 amide bonds. The molecular weight excluding hydrogens is 255 g/mol. The number of nitrogens with one attached hydrogen (secondary N) is 1. The Morgan fingerprint density at radius 3 is 2.29 bits per heavy atom. The van der Waals surface area contributed by atoms with Crippen molar-refractivity contribution in [3.8, 4) is 0 Å². The van der Waals surface area contributed by atoms with E-state index in [0.29, 0.717) is 5.88 Å². The zero-order chi connectivity index (χ0) is 12.9. The Morgan fingerprint density at radius 2 is 1.82 bits per heavy atom. The predicted octanol–water partition coefficient (Wildman–Crippen LogP) is 3.24. The summed E-state index contributed by atoms with van der Waals surface area (Å²) in [6.45, 7) is 0.255. The second-order valence-electron chi connectivity index (χ2n) is 4.76. The van der Waals surface area contributed by atoms with Gasteiger partial charge in [0.2, 0.25) is 5.91 Å². The predicted molar refractivity (Wildman–Crippen MR) is 59.9 cm³/mol. The van der Waals surface area contributed by atoms with Gasteiger partial charge in [0.15, 0.2) is 0 Å². The first-order chi connectivity index (χ1) is 7.87. The number of halogens is 4. The molecule has 0 aliphatic heterocycles. The van der Waals surface area contributed by atoms with Gasteiger partial charge in [0.25, 0.3) is 0 Å². The Kier molecular flexibility index (Phi) is 5.10. The lowest BCUT2D eigenvalue weighted by Gasteiger charge is -2.35. The molecule has 0 spiro atoms. The van der Waals surface area contributed by atoms with Crippen LogP contribution < -0.4 is 5.32 Å². The molecule has 1 aliphatic carbocycles. The Bertz CT molecular complexity index is 262. The van der Waals surface area contributed by atoms with Gasteiger partial charge in [-0.1, -0.05) is 19.3 Å². The van der Waals surface area contributed by atoms with Gasteiger partial charge in [-0.25, -0.2) is 0 Å². The number of carbonyl (C=O) groups excluding carboxylic acids is 1. The van der Waals surface area contributed by atoms with Gasteiger partial charge in [-0.2, -0.15) is 13.2 Å². The summed E-state index contributed by atoms with van der Waals surface area (Å²) >= 11 is 5.88. The molecule has 0 bridgehead atoms. The van der Waals surface area contributed by atoms with Crippen LogP contribution in [-0.4, -0.2) is 24.5 Å². The molecule has 1 aliphatic rings. The van der Waals surface area contributed by atoms with Gasteiger partial charge in [-0.15, -0.1) is 11.6 Å². The molecule has 2 nitrogen and oxygen atoms in total. The highest BCUT2D eigenvalue weighted by molar-refractivity contribution is 6.18. The molecule has 0 aromatic rings. The third-order valence-electron chi connectivity index (χ3n) is 3.22. The fourth-order valence-electron chi connectivity index (χ4n) is 2.19. The lowest BCUT2D eigenvalue weighted by atomic mass is 9.75. The van der Waals surface area contributed by atoms with Gasteiger partial charge in [0.1, 0.15) is 6.42 Å². The first-order valence-electron chi connectivity index (χ1n) is 5.76. The summed E-state index contributed by atoms with van der Waals surface area (Å²) in [5.74, 6) is -0.577. The van der Waals surface area contributed by atoms with E-state index >= 15 is 0 Å². The van der Waals surface area contributed by atoms with E-state index < -0.39 is 18.5 Å². The maximum Gasteiger partial charge on any atom is 0.397 e. The molecule has 0 atom stereocenters. The number of carbonyl (C=O) groups is 1. The van der Waals surface area contributed by atoms with Crippen molar-refractivity contribution in [1.29, 1.82) is 0 Å². The highest BCUT2D eigenvalue weighted by atomic mass is 35.5. The molecule has 0 heterocycles. The van der Waals surface area contributed by atoms with Crippen LogP contribution in [0.4, 0.5) is 13.2 Å². The highest BCUT2D eigenvalue weighted by Crippen LogP contribution is 2.36. The van der Waals surface area contributed by atoms with Gasteiger partial charge in [-0.05, 0) is 12.8 Å². The summed E-state index contributed by atoms with van der Waals surface area (Å²) in [5.41, 5.74) is -0.207. The molecule has 1 saturated carbocycles. The molecule has 1 fully saturated rings. The molecule has 0 radical (unpaired) electrons. The van der Waals surface area contributed by atoms with E-state index in [2.05, 4.69) is 5.32 Å². The van der Waals surface area contributed by atoms with Crippen molar-refractivity contribution in [3.05, 3.63) is 0 Å². The minimum atomic E-state index is -4.44. The second kappa shape index (κ2) is 5.94. The smallest absolute Gasteiger partial charge is 0.355 e. The molecule has 0 saturated heterocycles. The van der Waals surface area contributed by atoms with Crippen molar-refractivity contribution < 1.29 is 18.0 Å². The zero-order valence-corrected chi connectivity index (χ0v) is 10.3. The molecule has 17 heavy (non-hydrogen) atoms. The van der Waals surface area contributed by atoms with E-state index in [1.54, 1.807) is 0 Å². The largest absolute Gasteiger partial charge is 0.397 e. The Labute approximate surface area is 104 Å². The Hall–Kier alpha value is -0.450. The minimum Gasteiger partial charge on any atom is -0.355 e. The summed E-state index contributed by atoms with van der Waals surface area (Å²) in [6, 6.07) is 0. The van der Waals surface area contributed by atoms with Crippen molar-refractivity contribution >= 4 is 17.5 Å². The fraction of sp³-hybridized carbons (Fsp3) is 0.909. The van der Waals surface area contributed by atoms with Crippen molar-refractivity contribution in [2.24, 2.45) is 5.41 Å². The summed E-state index contributed by atoms with van der Waals surface area (Å²) < 4.78 is 35.9. The van der Waals surface area contributed by atoms with Crippen LogP contribution in [0, 0.1) is 5.41 Å². The van der Waals surface area contributed by atoms with Crippen LogP contribution >= 0.6 is 11.6 Å². The molecule has 0 unspecified atom stereocenters. The highest BCUT2D eigenvalue weighted by Gasteiger charge is 2.34. The fourth-order valence-corrected chi connectivity index (χ4v) is 2.55. The van der Waals surface area contributed by atoms with Gasteiger partial charge in [-0.3, -0.25) is 4.79 Å². The van der Waals surface area contributed by atoms with Crippen LogP contribution in [0.25, 0.3) is 0 Å². The molecule has 0 aromatic heterocycles. The average molecular weight is 272 g/mol. The first kappa shape index (κ1) is 14.6. The minimum absolute atomic E-state index is 0.207. The van der Waals surface area contributed by atoms with E-state index in [1.165, 1.54) is 0 Å². The van der Waals surface area contributed by atoms with Crippen LogP contribution in [-0.2, 0) is 4.79 Å². The van der Waals surface area contributed by atoms with Crippen LogP contribution in [0.2, 0.25) is 0 Å². The van der Waals surface area contributed by atoms with Gasteiger partial charge >= 0.3 is 6.18 Å². The molecule has 1 rings (SSSR count). The third-order valence-corrected chi connectivity index (χ3v) is 3.79. The van der Waals surface area contributed by atoms with Crippen molar-refractivity contribution in [2.45, 2.75) is 44.7 Å². The van der Waals surface area contributed by atoms with Crippen molar-refractivity contribution in [3.63, 3.8) is 0 Å². The van der Waals surface area contributed by atoms with Crippen LogP contribution in [0.3, 0.4) is 0 Å². The van der Waals surface area contributed by atoms with E-state index in [-0.39, 0.29) is 12.0 Å². The molecular formula is C11H17ClF3NO. The lowest BCUT2D eigenvalue weighted by Crippen LogP contribution is -2.41. The molecule has 6 heteroatoms. The summed E-state index contributed by atoms with van der Waals surface area (Å²) in [5, 5.41) is 2.36. The third kappa shape index (κ3) is 5.15. The summed E-state index contributed by atoms with van der Waals surface area (Å²) in [4.78, 5) is 11.1. The molecule has 100 valence electrons. The van der Waals surface area contributed by atoms with Gasteiger partial charge in [0, 0.05) is 17.8 Å². The summed E-state index contributed by atoms with van der Waals surface area (Å²) in [7, 11) is 0. The van der Waals surface area contributed by atoms with Gasteiger partial charge < -0.3 is 5.32 Å². The first-order valence-corrected chi connectivity index (χ1v) is 6.30. The zero-order valence-electron chi connectivity index (χ0n) is 9.58. The monoisotopic (exact) mass is 271 g/mol. The maximum absolute atomic E-state index is 12.0. The Morgan fingerprint density at radius 1 is 1.24 bits per heavy atom. The maximum atomic E-state index is 12.0. The second-order valence-corrected chi connectivity index (χ2v) is 5.03. The number of rotatable bonds is 4. The topological polar surface area (TPSA) is 29.1 Å². The molecule has 0 aromatic carbocycles. The van der Waals surface area contributed by atoms with Crippen molar-refractivity contribution in [2.75, 3.05) is 12.4 Å². The van der Waals surface area contributed by atoms with Crippen LogP contribution in [0.5, 0.6) is 0 Å².